The molecule has 0 spiro atoms. The molecule has 0 aliphatic heterocycles. The molecule has 2 aromatic rings. The van der Waals surface area contributed by atoms with Crippen molar-refractivity contribution in [1.82, 2.24) is 0 Å². The summed E-state index contributed by atoms with van der Waals surface area (Å²) in [4.78, 5) is 12.2. The second-order valence-electron chi connectivity index (χ2n) is 7.30. The van der Waals surface area contributed by atoms with Crippen LogP contribution >= 0.6 is 0 Å². The monoisotopic (exact) mass is 393 g/mol. The van der Waals surface area contributed by atoms with Crippen LogP contribution in [0.5, 0.6) is 0 Å². The van der Waals surface area contributed by atoms with Crippen LogP contribution in [0.4, 0.5) is 24.5 Å². The number of amides is 1. The van der Waals surface area contributed by atoms with Crippen molar-refractivity contribution in [1.29, 1.82) is 0 Å². The Labute approximate surface area is 163 Å². The summed E-state index contributed by atoms with van der Waals surface area (Å²) in [5.41, 5.74) is 8.33. The Morgan fingerprint density at radius 1 is 1.11 bits per heavy atom. The van der Waals surface area contributed by atoms with Gasteiger partial charge in [-0.05, 0) is 60.7 Å². The number of nitrogens with one attached hydrogen (secondary N) is 2. The van der Waals surface area contributed by atoms with Gasteiger partial charge in [0.2, 0.25) is 5.91 Å². The minimum absolute atomic E-state index is 0.220. The molecule has 0 radical (unpaired) electrons. The van der Waals surface area contributed by atoms with Gasteiger partial charge in [0.15, 0.2) is 0 Å². The number of benzene rings is 2. The van der Waals surface area contributed by atoms with Gasteiger partial charge in [-0.2, -0.15) is 13.2 Å². The number of rotatable bonds is 7. The number of halogens is 3. The number of nitrogens with two attached hydrogens (primary N) is 1. The van der Waals surface area contributed by atoms with Crippen molar-refractivity contribution < 1.29 is 18.0 Å². The SMILES string of the molecule is Cc1cc(NCc2ccc(C(F)(F)F)cc2)ccc1NC(=O)C(N)CC(C)C. The van der Waals surface area contributed by atoms with Gasteiger partial charge in [0.1, 0.15) is 0 Å². The summed E-state index contributed by atoms with van der Waals surface area (Å²) in [7, 11) is 0. The van der Waals surface area contributed by atoms with Gasteiger partial charge in [0.05, 0.1) is 11.6 Å². The molecular formula is C21H26F3N3O. The lowest BCUT2D eigenvalue weighted by Crippen LogP contribution is -2.36. The van der Waals surface area contributed by atoms with Gasteiger partial charge in [-0.15, -0.1) is 0 Å². The van der Waals surface area contributed by atoms with Crippen LogP contribution in [0, 0.1) is 12.8 Å². The number of carbonyl (C=O) groups excluding carboxylic acids is 1. The molecule has 0 aliphatic carbocycles. The highest BCUT2D eigenvalue weighted by Crippen LogP contribution is 2.29. The smallest absolute Gasteiger partial charge is 0.381 e. The van der Waals surface area contributed by atoms with Crippen molar-refractivity contribution in [2.24, 2.45) is 11.7 Å². The highest BCUT2D eigenvalue weighted by molar-refractivity contribution is 5.95. The van der Waals surface area contributed by atoms with E-state index in [4.69, 9.17) is 5.73 Å². The van der Waals surface area contributed by atoms with Crippen LogP contribution < -0.4 is 16.4 Å². The molecular weight excluding hydrogens is 367 g/mol. The Balaban J connectivity index is 1.96. The molecule has 0 aromatic heterocycles. The average molecular weight is 393 g/mol. The highest BCUT2D eigenvalue weighted by atomic mass is 19.4. The molecule has 7 heteroatoms. The van der Waals surface area contributed by atoms with Crippen LogP contribution in [-0.4, -0.2) is 11.9 Å². The van der Waals surface area contributed by atoms with Gasteiger partial charge in [-0.3, -0.25) is 4.79 Å². The fourth-order valence-electron chi connectivity index (χ4n) is 2.77. The maximum absolute atomic E-state index is 12.6. The van der Waals surface area contributed by atoms with Crippen LogP contribution in [0.1, 0.15) is 37.0 Å². The van der Waals surface area contributed by atoms with Crippen LogP contribution in [0.15, 0.2) is 42.5 Å². The fourth-order valence-corrected chi connectivity index (χ4v) is 2.77. The predicted octanol–water partition coefficient (Wildman–Crippen LogP) is 4.94. The zero-order valence-corrected chi connectivity index (χ0v) is 16.2. The lowest BCUT2D eigenvalue weighted by molar-refractivity contribution is -0.137. The summed E-state index contributed by atoms with van der Waals surface area (Å²) in [6.45, 7) is 6.28. The standard InChI is InChI=1S/C21H26F3N3O/c1-13(2)10-18(25)20(28)27-19-9-8-17(11-14(19)3)26-12-15-4-6-16(7-5-15)21(22,23)24/h4-9,11,13,18,26H,10,12,25H2,1-3H3,(H,27,28). The molecule has 152 valence electrons. The first kappa shape index (κ1) is 21.8. The first-order valence-corrected chi connectivity index (χ1v) is 9.13. The molecule has 0 saturated heterocycles. The van der Waals surface area contributed by atoms with Gasteiger partial charge in [0, 0.05) is 17.9 Å². The second-order valence-corrected chi connectivity index (χ2v) is 7.30. The van der Waals surface area contributed by atoms with Crippen molar-refractivity contribution in [2.45, 2.75) is 46.0 Å². The van der Waals surface area contributed by atoms with Crippen molar-refractivity contribution in [3.8, 4) is 0 Å². The van der Waals surface area contributed by atoms with E-state index in [2.05, 4.69) is 10.6 Å². The molecule has 1 atom stereocenters. The van der Waals surface area contributed by atoms with Crippen LogP contribution in [-0.2, 0) is 17.5 Å². The van der Waals surface area contributed by atoms with E-state index in [1.54, 1.807) is 12.1 Å². The fraction of sp³-hybridized carbons (Fsp3) is 0.381. The minimum Gasteiger partial charge on any atom is -0.381 e. The zero-order chi connectivity index (χ0) is 20.9. The molecule has 1 amide bonds. The number of hydrogen-bond donors (Lipinski definition) is 3. The van der Waals surface area contributed by atoms with Crippen molar-refractivity contribution in [2.75, 3.05) is 10.6 Å². The Morgan fingerprint density at radius 2 is 1.75 bits per heavy atom. The summed E-state index contributed by atoms with van der Waals surface area (Å²) in [5.74, 6) is 0.112. The first-order chi connectivity index (χ1) is 13.1. The molecule has 0 heterocycles. The Kier molecular flexibility index (Phi) is 7.07. The predicted molar refractivity (Wildman–Crippen MR) is 106 cm³/mol. The molecule has 0 saturated carbocycles. The summed E-state index contributed by atoms with van der Waals surface area (Å²) in [6, 6.07) is 9.94. The third-order valence-corrected chi connectivity index (χ3v) is 4.32. The van der Waals surface area contributed by atoms with Crippen molar-refractivity contribution in [3.63, 3.8) is 0 Å². The van der Waals surface area contributed by atoms with E-state index in [9.17, 15) is 18.0 Å². The van der Waals surface area contributed by atoms with Gasteiger partial charge in [0.25, 0.3) is 0 Å². The van der Waals surface area contributed by atoms with Gasteiger partial charge in [-0.25, -0.2) is 0 Å². The van der Waals surface area contributed by atoms with E-state index in [-0.39, 0.29) is 5.91 Å². The molecule has 28 heavy (non-hydrogen) atoms. The second kappa shape index (κ2) is 9.10. The molecule has 4 N–H and O–H groups in total. The summed E-state index contributed by atoms with van der Waals surface area (Å²) >= 11 is 0. The summed E-state index contributed by atoms with van der Waals surface area (Å²) in [6.07, 6.45) is -3.72. The summed E-state index contributed by atoms with van der Waals surface area (Å²) < 4.78 is 37.8. The largest absolute Gasteiger partial charge is 0.416 e. The van der Waals surface area contributed by atoms with Gasteiger partial charge in [-0.1, -0.05) is 26.0 Å². The Bertz CT molecular complexity index is 802. The first-order valence-electron chi connectivity index (χ1n) is 9.13. The maximum atomic E-state index is 12.6. The molecule has 0 bridgehead atoms. The maximum Gasteiger partial charge on any atom is 0.416 e. The zero-order valence-electron chi connectivity index (χ0n) is 16.2. The van der Waals surface area contributed by atoms with Crippen LogP contribution in [0.25, 0.3) is 0 Å². The van der Waals surface area contributed by atoms with E-state index in [0.717, 1.165) is 28.9 Å². The number of alkyl halides is 3. The number of anilines is 2. The molecule has 4 nitrogen and oxygen atoms in total. The van der Waals surface area contributed by atoms with Crippen molar-refractivity contribution in [3.05, 3.63) is 59.2 Å². The molecule has 2 aromatic carbocycles. The van der Waals surface area contributed by atoms with E-state index in [1.807, 2.05) is 26.8 Å². The molecule has 1 unspecified atom stereocenters. The van der Waals surface area contributed by atoms with E-state index < -0.39 is 17.8 Å². The van der Waals surface area contributed by atoms with Crippen LogP contribution in [0.3, 0.4) is 0 Å². The van der Waals surface area contributed by atoms with Gasteiger partial charge < -0.3 is 16.4 Å². The van der Waals surface area contributed by atoms with Crippen molar-refractivity contribution >= 4 is 17.3 Å². The van der Waals surface area contributed by atoms with E-state index >= 15 is 0 Å². The Morgan fingerprint density at radius 3 is 2.29 bits per heavy atom. The van der Waals surface area contributed by atoms with E-state index in [1.165, 1.54) is 12.1 Å². The lowest BCUT2D eigenvalue weighted by Gasteiger charge is -2.16. The number of aryl methyl sites for hydroxylation is 1. The highest BCUT2D eigenvalue weighted by Gasteiger charge is 2.29. The quantitative estimate of drug-likeness (QED) is 0.624. The average Bonchev–Trinajstić information content (AvgIpc) is 2.61. The topological polar surface area (TPSA) is 67.1 Å². The van der Waals surface area contributed by atoms with Gasteiger partial charge >= 0.3 is 6.18 Å². The third kappa shape index (κ3) is 6.27. The van der Waals surface area contributed by atoms with Crippen LogP contribution in [0.2, 0.25) is 0 Å². The normalized spacial score (nSPS) is 12.7. The third-order valence-electron chi connectivity index (χ3n) is 4.32. The number of hydrogen-bond acceptors (Lipinski definition) is 3. The lowest BCUT2D eigenvalue weighted by atomic mass is 10.0. The molecule has 0 aliphatic rings. The van der Waals surface area contributed by atoms with E-state index in [0.29, 0.717) is 24.6 Å². The number of carbonyl (C=O) groups is 1. The molecule has 0 fully saturated rings. The minimum atomic E-state index is -4.33. The Hall–Kier alpha value is -2.54. The summed E-state index contributed by atoms with van der Waals surface area (Å²) in [5, 5.41) is 6.01. The molecule has 2 rings (SSSR count).